The fourth-order valence-electron chi connectivity index (χ4n) is 1.41. The zero-order chi connectivity index (χ0) is 15.3. The monoisotopic (exact) mass is 369 g/mol. The van der Waals surface area contributed by atoms with E-state index in [1.54, 1.807) is 0 Å². The van der Waals surface area contributed by atoms with E-state index in [2.05, 4.69) is 20.7 Å². The molecule has 1 aromatic rings. The molecule has 1 aromatic carbocycles. The van der Waals surface area contributed by atoms with Gasteiger partial charge in [-0.2, -0.15) is 0 Å². The molecule has 0 aromatic heterocycles. The van der Waals surface area contributed by atoms with Gasteiger partial charge in [-0.3, -0.25) is 4.79 Å². The molecule has 0 amide bonds. The number of sulfonamides is 1. The van der Waals surface area contributed by atoms with E-state index in [1.807, 2.05) is 0 Å². The molecule has 0 aliphatic carbocycles. The van der Waals surface area contributed by atoms with Crippen LogP contribution in [0.15, 0.2) is 27.6 Å². The van der Waals surface area contributed by atoms with Gasteiger partial charge in [0.05, 0.1) is 17.4 Å². The third-order valence-electron chi connectivity index (χ3n) is 2.42. The van der Waals surface area contributed by atoms with Crippen LogP contribution in [-0.2, 0) is 19.6 Å². The van der Waals surface area contributed by atoms with Crippen molar-refractivity contribution >= 4 is 31.9 Å². The molecule has 2 N–H and O–H groups in total. The highest BCUT2D eigenvalue weighted by Gasteiger charge is 2.21. The molecule has 0 saturated heterocycles. The number of hydrogen-bond acceptors (Lipinski definition) is 4. The Balaban J connectivity index is 2.82. The number of halogens is 2. The van der Waals surface area contributed by atoms with E-state index in [4.69, 9.17) is 9.84 Å². The molecule has 6 nitrogen and oxygen atoms in total. The summed E-state index contributed by atoms with van der Waals surface area (Å²) in [5, 5.41) is 8.63. The molecule has 0 saturated carbocycles. The third-order valence-corrected chi connectivity index (χ3v) is 4.82. The first-order chi connectivity index (χ1) is 9.26. The Bertz CT molecular complexity index is 592. The highest BCUT2D eigenvalue weighted by atomic mass is 79.9. The summed E-state index contributed by atoms with van der Waals surface area (Å²) < 4.78 is 44.1. The van der Waals surface area contributed by atoms with Gasteiger partial charge in [0, 0.05) is 18.1 Å². The van der Waals surface area contributed by atoms with Crippen LogP contribution in [0, 0.1) is 5.82 Å². The molecule has 0 fully saturated rings. The van der Waals surface area contributed by atoms with Crippen LogP contribution in [0.5, 0.6) is 0 Å². The lowest BCUT2D eigenvalue weighted by Gasteiger charge is -2.14. The summed E-state index contributed by atoms with van der Waals surface area (Å²) in [6, 6.07) is 3.16. The van der Waals surface area contributed by atoms with E-state index in [0.717, 1.165) is 18.2 Å². The van der Waals surface area contributed by atoms with Crippen LogP contribution in [0.25, 0.3) is 0 Å². The maximum Gasteiger partial charge on any atom is 0.306 e. The van der Waals surface area contributed by atoms with Crippen molar-refractivity contribution in [3.8, 4) is 0 Å². The molecule has 0 aliphatic heterocycles. The van der Waals surface area contributed by atoms with Crippen LogP contribution in [0.2, 0.25) is 0 Å². The minimum atomic E-state index is -3.89. The second kappa shape index (κ2) is 7.11. The molecule has 9 heteroatoms. The highest BCUT2D eigenvalue weighted by Crippen LogP contribution is 2.22. The van der Waals surface area contributed by atoms with Gasteiger partial charge < -0.3 is 9.84 Å². The molecule has 0 spiro atoms. The van der Waals surface area contributed by atoms with Crippen LogP contribution in [0.3, 0.4) is 0 Å². The van der Waals surface area contributed by atoms with Gasteiger partial charge in [0.25, 0.3) is 0 Å². The normalized spacial score (nSPS) is 13.2. The van der Waals surface area contributed by atoms with E-state index in [-0.39, 0.29) is 22.3 Å². The number of aliphatic carboxylic acids is 1. The average molecular weight is 370 g/mol. The summed E-state index contributed by atoms with van der Waals surface area (Å²) in [7, 11) is -2.60. The number of carboxylic acid groups (broad SMARTS) is 1. The SMILES string of the molecule is COC(CNS(=O)(=O)c1ccc(F)cc1Br)CC(=O)O. The van der Waals surface area contributed by atoms with Crippen molar-refractivity contribution in [3.63, 3.8) is 0 Å². The Labute approximate surface area is 124 Å². The molecule has 1 unspecified atom stereocenters. The number of nitrogens with one attached hydrogen (secondary N) is 1. The van der Waals surface area contributed by atoms with E-state index in [1.165, 1.54) is 7.11 Å². The zero-order valence-electron chi connectivity index (χ0n) is 10.5. The number of methoxy groups -OCH3 is 1. The quantitative estimate of drug-likeness (QED) is 0.756. The maximum absolute atomic E-state index is 12.9. The van der Waals surface area contributed by atoms with Gasteiger partial charge in [-0.1, -0.05) is 0 Å². The molecular weight excluding hydrogens is 357 g/mol. The number of carbonyl (C=O) groups is 1. The average Bonchev–Trinajstić information content (AvgIpc) is 2.33. The highest BCUT2D eigenvalue weighted by molar-refractivity contribution is 9.10. The zero-order valence-corrected chi connectivity index (χ0v) is 12.9. The Hall–Kier alpha value is -1.03. The van der Waals surface area contributed by atoms with Gasteiger partial charge in [0.2, 0.25) is 10.0 Å². The first-order valence-corrected chi connectivity index (χ1v) is 7.73. The number of rotatable bonds is 7. The summed E-state index contributed by atoms with van der Waals surface area (Å²) in [4.78, 5) is 10.4. The summed E-state index contributed by atoms with van der Waals surface area (Å²) in [5.74, 6) is -1.67. The van der Waals surface area contributed by atoms with Crippen molar-refractivity contribution in [1.82, 2.24) is 4.72 Å². The lowest BCUT2D eigenvalue weighted by Crippen LogP contribution is -2.34. The van der Waals surface area contributed by atoms with Gasteiger partial charge in [-0.25, -0.2) is 17.5 Å². The Morgan fingerprint density at radius 3 is 2.70 bits per heavy atom. The Kier molecular flexibility index (Phi) is 6.06. The van der Waals surface area contributed by atoms with Gasteiger partial charge in [0.1, 0.15) is 5.82 Å². The number of ether oxygens (including phenoxy) is 1. The van der Waals surface area contributed by atoms with E-state index in [0.29, 0.717) is 0 Å². The molecule has 0 aliphatic rings. The van der Waals surface area contributed by atoms with Crippen molar-refractivity contribution in [2.24, 2.45) is 0 Å². The Morgan fingerprint density at radius 2 is 2.20 bits per heavy atom. The van der Waals surface area contributed by atoms with Crippen molar-refractivity contribution in [1.29, 1.82) is 0 Å². The smallest absolute Gasteiger partial charge is 0.306 e. The maximum atomic E-state index is 12.9. The minimum Gasteiger partial charge on any atom is -0.481 e. The molecule has 0 heterocycles. The molecule has 112 valence electrons. The van der Waals surface area contributed by atoms with Crippen LogP contribution in [-0.4, -0.2) is 39.3 Å². The Morgan fingerprint density at radius 1 is 1.55 bits per heavy atom. The van der Waals surface area contributed by atoms with Gasteiger partial charge >= 0.3 is 5.97 Å². The second-order valence-corrected chi connectivity index (χ2v) is 6.47. The van der Waals surface area contributed by atoms with Crippen molar-refractivity contribution < 1.29 is 27.4 Å². The fourth-order valence-corrected chi connectivity index (χ4v) is 3.52. The summed E-state index contributed by atoms with van der Waals surface area (Å²) >= 11 is 2.96. The molecule has 0 bridgehead atoms. The van der Waals surface area contributed by atoms with Crippen molar-refractivity contribution in [3.05, 3.63) is 28.5 Å². The van der Waals surface area contributed by atoms with Crippen LogP contribution >= 0.6 is 15.9 Å². The van der Waals surface area contributed by atoms with Crippen molar-refractivity contribution in [2.45, 2.75) is 17.4 Å². The first kappa shape index (κ1) is 17.0. The third kappa shape index (κ3) is 4.82. The van der Waals surface area contributed by atoms with Crippen LogP contribution in [0.1, 0.15) is 6.42 Å². The predicted octanol–water partition coefficient (Wildman–Crippen LogP) is 1.36. The topological polar surface area (TPSA) is 92.7 Å². The van der Waals surface area contributed by atoms with E-state index < -0.39 is 27.9 Å². The van der Waals surface area contributed by atoms with Crippen molar-refractivity contribution in [2.75, 3.05) is 13.7 Å². The minimum absolute atomic E-state index is 0.0807. The molecule has 20 heavy (non-hydrogen) atoms. The summed E-state index contributed by atoms with van der Waals surface area (Å²) in [6.07, 6.45) is -1.12. The molecular formula is C11H13BrFNO5S. The second-order valence-electron chi connectivity index (χ2n) is 3.88. The predicted molar refractivity (Wildman–Crippen MR) is 72.3 cm³/mol. The largest absolute Gasteiger partial charge is 0.481 e. The van der Waals surface area contributed by atoms with E-state index >= 15 is 0 Å². The van der Waals surface area contributed by atoms with Crippen LogP contribution in [0.4, 0.5) is 4.39 Å². The lowest BCUT2D eigenvalue weighted by molar-refractivity contribution is -0.139. The summed E-state index contributed by atoms with van der Waals surface area (Å²) in [6.45, 7) is -0.199. The van der Waals surface area contributed by atoms with Gasteiger partial charge in [-0.05, 0) is 34.1 Å². The molecule has 0 radical (unpaired) electrons. The standard InChI is InChI=1S/C11H13BrFNO5S/c1-19-8(5-11(15)16)6-14-20(17,18)10-3-2-7(13)4-9(10)12/h2-4,8,14H,5-6H2,1H3,(H,15,16). The molecule has 1 rings (SSSR count). The first-order valence-electron chi connectivity index (χ1n) is 5.45. The molecule has 1 atom stereocenters. The number of benzene rings is 1. The van der Waals surface area contributed by atoms with E-state index in [9.17, 15) is 17.6 Å². The van der Waals surface area contributed by atoms with Gasteiger partial charge in [0.15, 0.2) is 0 Å². The summed E-state index contributed by atoms with van der Waals surface area (Å²) in [5.41, 5.74) is 0. The van der Waals surface area contributed by atoms with Gasteiger partial charge in [-0.15, -0.1) is 0 Å². The fraction of sp³-hybridized carbons (Fsp3) is 0.364. The number of carboxylic acids is 1. The lowest BCUT2D eigenvalue weighted by atomic mass is 10.2. The van der Waals surface area contributed by atoms with Crippen LogP contribution < -0.4 is 4.72 Å². The number of hydrogen-bond donors (Lipinski definition) is 2.